The normalized spacial score (nSPS) is 15.4. The van der Waals surface area contributed by atoms with E-state index in [4.69, 9.17) is 9.47 Å². The number of rotatable bonds is 12. The molecule has 0 aliphatic rings. The Balaban J connectivity index is 2.33. The molecule has 188 valence electrons. The highest BCUT2D eigenvalue weighted by atomic mass is 32.1. The molecule has 1 heterocycles. The van der Waals surface area contributed by atoms with Crippen LogP contribution in [-0.4, -0.2) is 44.0 Å². The van der Waals surface area contributed by atoms with Gasteiger partial charge < -0.3 is 14.0 Å². The predicted octanol–water partition coefficient (Wildman–Crippen LogP) is 5.92. The molecule has 0 radical (unpaired) electrons. The highest BCUT2D eigenvalue weighted by Gasteiger charge is 2.42. The van der Waals surface area contributed by atoms with Crippen LogP contribution >= 0.6 is 18.9 Å². The molecule has 1 N–H and O–H groups in total. The summed E-state index contributed by atoms with van der Waals surface area (Å²) in [7, 11) is -4.91. The minimum atomic E-state index is -4.91. The number of carbonyl (C=O) groups excluding carboxylic acids is 2. The van der Waals surface area contributed by atoms with Gasteiger partial charge in [0, 0.05) is 4.70 Å². The van der Waals surface area contributed by atoms with Crippen LogP contribution in [0.2, 0.25) is 0 Å². The zero-order chi connectivity index (χ0) is 25.5. The number of alkyl halides is 4. The Bertz CT molecular complexity index is 1070. The minimum absolute atomic E-state index is 0.00481. The van der Waals surface area contributed by atoms with Gasteiger partial charge in [0.05, 0.1) is 6.61 Å². The van der Waals surface area contributed by atoms with Crippen molar-refractivity contribution in [3.05, 3.63) is 47.4 Å². The number of carbonyl (C=O) groups is 2. The van der Waals surface area contributed by atoms with Gasteiger partial charge in [0.25, 0.3) is 0 Å². The summed E-state index contributed by atoms with van der Waals surface area (Å²) in [4.78, 5) is 24.2. The number of fused-ring (bicyclic) bond motifs is 1. The molecule has 1 aromatic carbocycles. The summed E-state index contributed by atoms with van der Waals surface area (Å²) in [6, 6.07) is 3.90. The topological polar surface area (TPSA) is 90.9 Å². The summed E-state index contributed by atoms with van der Waals surface area (Å²) in [6.45, 7) is 4.38. The van der Waals surface area contributed by atoms with Gasteiger partial charge >= 0.3 is 25.6 Å². The van der Waals surface area contributed by atoms with E-state index in [1.165, 1.54) is 37.3 Å². The summed E-state index contributed by atoms with van der Waals surface area (Å²) in [5, 5.41) is 2.45. The predicted molar refractivity (Wildman–Crippen MR) is 120 cm³/mol. The van der Waals surface area contributed by atoms with Crippen molar-refractivity contribution in [2.45, 2.75) is 38.4 Å². The molecule has 0 spiro atoms. The fraction of sp³-hybridized carbons (Fsp3) is 0.429. The van der Waals surface area contributed by atoms with Crippen molar-refractivity contribution in [3.8, 4) is 0 Å². The lowest BCUT2D eigenvalue weighted by Gasteiger charge is -2.26. The second-order valence-electron chi connectivity index (χ2n) is 7.13. The van der Waals surface area contributed by atoms with Crippen LogP contribution in [0.15, 0.2) is 36.9 Å². The summed E-state index contributed by atoms with van der Waals surface area (Å²) in [6.07, 6.45) is -3.02. The quantitative estimate of drug-likeness (QED) is 0.159. The molecule has 0 saturated heterocycles. The zero-order valence-corrected chi connectivity index (χ0v) is 20.1. The molecule has 2 rings (SSSR count). The maximum absolute atomic E-state index is 15.4. The van der Waals surface area contributed by atoms with Crippen molar-refractivity contribution >= 4 is 40.9 Å². The standard InChI is InChI=1S/C21H24F4NO6PS/c1-4-8-30-19(27)13(3)26-33(29,32-12-21(23,24)25)18(22)14-6-7-16-15(10-14)11-17(34-16)20(28)31-9-5-2/h5-7,10-11,13,18H,2,4,8-9,12H2,1,3H3,(H,26,29)/t13-,18-,33?/m0/s1. The first-order valence-electron chi connectivity index (χ1n) is 10.1. The van der Waals surface area contributed by atoms with E-state index in [2.05, 4.69) is 16.2 Å². The largest absolute Gasteiger partial charge is 0.465 e. The molecular formula is C21H24F4NO6PS. The van der Waals surface area contributed by atoms with Crippen LogP contribution in [0, 0.1) is 0 Å². The Hall–Kier alpha value is -2.27. The number of hydrogen-bond acceptors (Lipinski definition) is 7. The molecule has 13 heteroatoms. The first kappa shape index (κ1) is 28.0. The van der Waals surface area contributed by atoms with Gasteiger partial charge in [-0.15, -0.1) is 11.3 Å². The Morgan fingerprint density at radius 3 is 2.59 bits per heavy atom. The highest BCUT2D eigenvalue weighted by molar-refractivity contribution is 7.57. The van der Waals surface area contributed by atoms with E-state index < -0.39 is 44.2 Å². The van der Waals surface area contributed by atoms with E-state index in [0.29, 0.717) is 16.5 Å². The minimum Gasteiger partial charge on any atom is -0.465 e. The molecule has 0 saturated carbocycles. The van der Waals surface area contributed by atoms with Gasteiger partial charge in [0.15, 0.2) is 6.61 Å². The molecule has 34 heavy (non-hydrogen) atoms. The molecule has 0 amide bonds. The number of benzene rings is 1. The summed E-state index contributed by atoms with van der Waals surface area (Å²) in [5.41, 5.74) is -0.261. The monoisotopic (exact) mass is 525 g/mol. The van der Waals surface area contributed by atoms with Crippen molar-refractivity contribution in [1.82, 2.24) is 5.09 Å². The van der Waals surface area contributed by atoms with Crippen molar-refractivity contribution < 1.29 is 45.7 Å². The highest BCUT2D eigenvalue weighted by Crippen LogP contribution is 2.58. The van der Waals surface area contributed by atoms with Crippen molar-refractivity contribution in [2.24, 2.45) is 0 Å². The molecule has 0 fully saturated rings. The van der Waals surface area contributed by atoms with Crippen molar-refractivity contribution in [1.29, 1.82) is 0 Å². The van der Waals surface area contributed by atoms with Crippen molar-refractivity contribution in [3.63, 3.8) is 0 Å². The maximum atomic E-state index is 15.4. The van der Waals surface area contributed by atoms with Crippen LogP contribution in [0.1, 0.15) is 41.4 Å². The third kappa shape index (κ3) is 7.63. The van der Waals surface area contributed by atoms with E-state index in [9.17, 15) is 27.3 Å². The first-order valence-corrected chi connectivity index (χ1v) is 12.6. The number of nitrogens with one attached hydrogen (secondary N) is 1. The van der Waals surface area contributed by atoms with E-state index in [1.807, 2.05) is 0 Å². The van der Waals surface area contributed by atoms with Crippen molar-refractivity contribution in [2.75, 3.05) is 19.8 Å². The van der Waals surface area contributed by atoms with Crippen LogP contribution in [-0.2, 0) is 23.4 Å². The van der Waals surface area contributed by atoms with Gasteiger partial charge in [-0.3, -0.25) is 9.36 Å². The average Bonchev–Trinajstić information content (AvgIpc) is 3.22. The Morgan fingerprint density at radius 2 is 1.97 bits per heavy atom. The second-order valence-corrected chi connectivity index (χ2v) is 10.4. The maximum Gasteiger partial charge on any atom is 0.412 e. The smallest absolute Gasteiger partial charge is 0.412 e. The van der Waals surface area contributed by atoms with Crippen LogP contribution in [0.4, 0.5) is 17.6 Å². The molecule has 7 nitrogen and oxygen atoms in total. The first-order chi connectivity index (χ1) is 15.9. The lowest BCUT2D eigenvalue weighted by atomic mass is 10.2. The van der Waals surface area contributed by atoms with Crippen LogP contribution in [0.3, 0.4) is 0 Å². The molecule has 0 aliphatic heterocycles. The number of halogens is 4. The van der Waals surface area contributed by atoms with E-state index >= 15 is 4.39 Å². The SMILES string of the molecule is C=CCOC(=O)c1cc2cc([C@@H](F)P(=O)(N[C@@H](C)C(=O)OCCC)OCC(F)(F)F)ccc2s1. The van der Waals surface area contributed by atoms with Gasteiger partial charge in [0.1, 0.15) is 17.5 Å². The average molecular weight is 525 g/mol. The second kappa shape index (κ2) is 11.9. The van der Waals surface area contributed by atoms with Gasteiger partial charge in [-0.05, 0) is 42.5 Å². The Labute approximate surface area is 197 Å². The number of hydrogen-bond donors (Lipinski definition) is 1. The molecule has 0 bridgehead atoms. The van der Waals surface area contributed by atoms with Gasteiger partial charge in [0.2, 0.25) is 5.91 Å². The summed E-state index contributed by atoms with van der Waals surface area (Å²) in [5.74, 6) is -4.09. The van der Waals surface area contributed by atoms with E-state index in [1.54, 1.807) is 6.92 Å². The van der Waals surface area contributed by atoms with Gasteiger partial charge in [-0.25, -0.2) is 14.3 Å². The lowest BCUT2D eigenvalue weighted by Crippen LogP contribution is -2.35. The van der Waals surface area contributed by atoms with Gasteiger partial charge in [-0.1, -0.05) is 25.6 Å². The summed E-state index contributed by atoms with van der Waals surface area (Å²) >= 11 is 1.06. The molecule has 3 atom stereocenters. The van der Waals surface area contributed by atoms with Gasteiger partial charge in [-0.2, -0.15) is 13.2 Å². The lowest BCUT2D eigenvalue weighted by molar-refractivity contribution is -0.154. The molecule has 1 unspecified atom stereocenters. The zero-order valence-electron chi connectivity index (χ0n) is 18.4. The van der Waals surface area contributed by atoms with E-state index in [-0.39, 0.29) is 23.7 Å². The van der Waals surface area contributed by atoms with Crippen LogP contribution < -0.4 is 5.09 Å². The fourth-order valence-corrected chi connectivity index (χ4v) is 5.51. The van der Waals surface area contributed by atoms with Crippen LogP contribution in [0.5, 0.6) is 0 Å². The van der Waals surface area contributed by atoms with E-state index in [0.717, 1.165) is 11.3 Å². The van der Waals surface area contributed by atoms with Crippen LogP contribution in [0.25, 0.3) is 10.1 Å². The molecule has 1 aromatic heterocycles. The fourth-order valence-electron chi connectivity index (χ4n) is 2.70. The number of esters is 2. The Morgan fingerprint density at radius 1 is 1.26 bits per heavy atom. The third-order valence-corrected chi connectivity index (χ3v) is 7.49. The third-order valence-electron chi connectivity index (χ3n) is 4.24. The molecule has 0 aliphatic carbocycles. The Kier molecular flexibility index (Phi) is 9.81. The number of thiophene rings is 1. The summed E-state index contributed by atoms with van der Waals surface area (Å²) < 4.78 is 81.8. The molecule has 2 aromatic rings. The number of ether oxygens (including phenoxy) is 2. The molecular weight excluding hydrogens is 501 g/mol.